The van der Waals surface area contributed by atoms with Gasteiger partial charge in [0, 0.05) is 6.42 Å². The van der Waals surface area contributed by atoms with Crippen LogP contribution in [0.5, 0.6) is 0 Å². The molecule has 23 heavy (non-hydrogen) atoms. The van der Waals surface area contributed by atoms with Crippen LogP contribution in [0.1, 0.15) is 77.6 Å². The van der Waals surface area contributed by atoms with E-state index in [0.29, 0.717) is 12.8 Å². The van der Waals surface area contributed by atoms with Crippen LogP contribution in [-0.4, -0.2) is 40.5 Å². The van der Waals surface area contributed by atoms with E-state index in [2.05, 4.69) is 12.2 Å². The highest BCUT2D eigenvalue weighted by molar-refractivity contribution is 5.85. The number of carbonyl (C=O) groups is 2. The molecular weight excluding hydrogens is 298 g/mol. The van der Waals surface area contributed by atoms with Gasteiger partial charge in [-0.2, -0.15) is 0 Å². The molecule has 0 aliphatic carbocycles. The van der Waals surface area contributed by atoms with Crippen LogP contribution < -0.4 is 5.32 Å². The normalized spacial score (nSPS) is 21.4. The first kappa shape index (κ1) is 19.7. The Morgan fingerprint density at radius 3 is 2.22 bits per heavy atom. The molecule has 2 unspecified atom stereocenters. The number of ether oxygens (including phenoxy) is 1. The zero-order chi connectivity index (χ0) is 17.1. The van der Waals surface area contributed by atoms with Gasteiger partial charge >= 0.3 is 12.1 Å². The fraction of sp³-hybridized carbons (Fsp3) is 0.882. The van der Waals surface area contributed by atoms with Crippen molar-refractivity contribution in [1.29, 1.82) is 0 Å². The second kappa shape index (κ2) is 11.3. The van der Waals surface area contributed by atoms with Gasteiger partial charge in [-0.15, -0.1) is 0 Å². The van der Waals surface area contributed by atoms with Gasteiger partial charge in [0.2, 0.25) is 0 Å². The Bertz CT molecular complexity index is 361. The number of amides is 1. The van der Waals surface area contributed by atoms with Crippen molar-refractivity contribution in [2.24, 2.45) is 0 Å². The number of carbonyl (C=O) groups excluding carboxylic acids is 1. The maximum absolute atomic E-state index is 11.2. The van der Waals surface area contributed by atoms with E-state index >= 15 is 0 Å². The molecule has 6 nitrogen and oxygen atoms in total. The van der Waals surface area contributed by atoms with Crippen LogP contribution >= 0.6 is 0 Å². The molecule has 1 aliphatic heterocycles. The summed E-state index contributed by atoms with van der Waals surface area (Å²) in [7, 11) is 0. The Balaban J connectivity index is 1.99. The topological polar surface area (TPSA) is 95.9 Å². The lowest BCUT2D eigenvalue weighted by molar-refractivity contribution is -0.179. The van der Waals surface area contributed by atoms with E-state index in [1.54, 1.807) is 0 Å². The van der Waals surface area contributed by atoms with E-state index in [1.165, 1.54) is 44.9 Å². The highest BCUT2D eigenvalue weighted by Crippen LogP contribution is 2.22. The monoisotopic (exact) mass is 329 g/mol. The van der Waals surface area contributed by atoms with Gasteiger partial charge in [-0.3, -0.25) is 0 Å². The molecule has 0 bridgehead atoms. The maximum atomic E-state index is 11.2. The first-order chi connectivity index (χ1) is 11.0. The Kier molecular flexibility index (Phi) is 9.67. The van der Waals surface area contributed by atoms with Crippen molar-refractivity contribution in [3.05, 3.63) is 0 Å². The number of carboxylic acid groups (broad SMARTS) is 1. The predicted octanol–water partition coefficient (Wildman–Crippen LogP) is 3.22. The summed E-state index contributed by atoms with van der Waals surface area (Å²) in [6.45, 7) is 2.22. The Morgan fingerprint density at radius 1 is 1.13 bits per heavy atom. The van der Waals surface area contributed by atoms with Crippen molar-refractivity contribution in [3.63, 3.8) is 0 Å². The van der Waals surface area contributed by atoms with Gasteiger partial charge in [0.15, 0.2) is 6.04 Å². The summed E-state index contributed by atoms with van der Waals surface area (Å²) < 4.78 is 4.89. The third-order valence-corrected chi connectivity index (χ3v) is 4.32. The van der Waals surface area contributed by atoms with Crippen molar-refractivity contribution in [2.75, 3.05) is 0 Å². The molecule has 0 radical (unpaired) electrons. The molecule has 3 atom stereocenters. The zero-order valence-corrected chi connectivity index (χ0v) is 14.1. The van der Waals surface area contributed by atoms with E-state index in [4.69, 9.17) is 9.84 Å². The van der Waals surface area contributed by atoms with Gasteiger partial charge in [0.25, 0.3) is 0 Å². The minimum Gasteiger partial charge on any atom is -0.465 e. The van der Waals surface area contributed by atoms with Gasteiger partial charge < -0.3 is 20.3 Å². The molecule has 1 fully saturated rings. The third-order valence-electron chi connectivity index (χ3n) is 4.32. The molecule has 0 aromatic rings. The summed E-state index contributed by atoms with van der Waals surface area (Å²) in [4.78, 5) is 21.7. The number of hydrogen-bond acceptors (Lipinski definition) is 4. The van der Waals surface area contributed by atoms with E-state index in [0.717, 1.165) is 12.8 Å². The van der Waals surface area contributed by atoms with Crippen molar-refractivity contribution in [3.8, 4) is 0 Å². The number of esters is 1. The van der Waals surface area contributed by atoms with Crippen LogP contribution in [0.4, 0.5) is 4.79 Å². The Hall–Kier alpha value is -1.30. The Labute approximate surface area is 138 Å². The molecule has 1 amide bonds. The molecule has 0 aromatic carbocycles. The van der Waals surface area contributed by atoms with Crippen LogP contribution in [0, 0.1) is 0 Å². The summed E-state index contributed by atoms with van der Waals surface area (Å²) in [6.07, 6.45) is 9.70. The fourth-order valence-electron chi connectivity index (χ4n) is 2.92. The molecule has 1 rings (SSSR count). The zero-order valence-electron chi connectivity index (χ0n) is 14.1. The van der Waals surface area contributed by atoms with Crippen molar-refractivity contribution in [2.45, 2.75) is 95.8 Å². The van der Waals surface area contributed by atoms with Crippen molar-refractivity contribution < 1.29 is 24.5 Å². The van der Waals surface area contributed by atoms with Crippen molar-refractivity contribution in [1.82, 2.24) is 5.32 Å². The average Bonchev–Trinajstić information content (AvgIpc) is 2.50. The highest BCUT2D eigenvalue weighted by Gasteiger charge is 2.44. The highest BCUT2D eigenvalue weighted by atomic mass is 16.6. The number of rotatable bonds is 13. The first-order valence-corrected chi connectivity index (χ1v) is 8.92. The minimum atomic E-state index is -1.25. The smallest absolute Gasteiger partial charge is 0.405 e. The SMILES string of the molecule is CCCCCCCCCCC[C@H](O)CC1OC(=O)C1NC(=O)O. The lowest BCUT2D eigenvalue weighted by atomic mass is 9.96. The number of nitrogens with one attached hydrogen (secondary N) is 1. The molecule has 0 aromatic heterocycles. The van der Waals surface area contributed by atoms with E-state index in [9.17, 15) is 14.7 Å². The third kappa shape index (κ3) is 8.21. The predicted molar refractivity (Wildman–Crippen MR) is 87.3 cm³/mol. The summed E-state index contributed by atoms with van der Waals surface area (Å²) in [6, 6.07) is -0.828. The standard InChI is InChI=1S/C17H31NO5/c1-2-3-4-5-6-7-8-9-10-11-13(19)12-14-15(16(20)23-14)18-17(21)22/h13-15,18-19H,2-12H2,1H3,(H,21,22)/t13-,14?,15?/m0/s1. The number of aliphatic hydroxyl groups is 1. The number of hydrogen-bond donors (Lipinski definition) is 3. The number of cyclic esters (lactones) is 1. The minimum absolute atomic E-state index is 0.299. The maximum Gasteiger partial charge on any atom is 0.405 e. The lowest BCUT2D eigenvalue weighted by Gasteiger charge is -2.35. The molecule has 3 N–H and O–H groups in total. The largest absolute Gasteiger partial charge is 0.465 e. The summed E-state index contributed by atoms with van der Waals surface area (Å²) in [5.74, 6) is -0.562. The molecule has 1 heterocycles. The number of aliphatic hydroxyl groups excluding tert-OH is 1. The molecule has 6 heteroatoms. The molecule has 0 saturated carbocycles. The molecule has 0 spiro atoms. The summed E-state index contributed by atoms with van der Waals surface area (Å²) >= 11 is 0. The summed E-state index contributed by atoms with van der Waals surface area (Å²) in [5, 5.41) is 20.7. The van der Waals surface area contributed by atoms with Gasteiger partial charge in [0.05, 0.1) is 6.10 Å². The van der Waals surface area contributed by atoms with Crippen LogP contribution in [-0.2, 0) is 9.53 Å². The Morgan fingerprint density at radius 2 is 1.70 bits per heavy atom. The summed E-state index contributed by atoms with van der Waals surface area (Å²) in [5.41, 5.74) is 0. The lowest BCUT2D eigenvalue weighted by Crippen LogP contribution is -2.60. The second-order valence-corrected chi connectivity index (χ2v) is 6.41. The van der Waals surface area contributed by atoms with E-state index in [-0.39, 0.29) is 0 Å². The van der Waals surface area contributed by atoms with Gasteiger partial charge in [-0.25, -0.2) is 9.59 Å². The van der Waals surface area contributed by atoms with Gasteiger partial charge in [0.1, 0.15) is 6.10 Å². The fourth-order valence-corrected chi connectivity index (χ4v) is 2.92. The van der Waals surface area contributed by atoms with Crippen molar-refractivity contribution >= 4 is 12.1 Å². The van der Waals surface area contributed by atoms with E-state index in [1.807, 2.05) is 0 Å². The molecule has 1 aliphatic rings. The quantitative estimate of drug-likeness (QED) is 0.356. The second-order valence-electron chi connectivity index (χ2n) is 6.41. The van der Waals surface area contributed by atoms with Crippen LogP contribution in [0.2, 0.25) is 0 Å². The van der Waals surface area contributed by atoms with Crippen LogP contribution in [0.3, 0.4) is 0 Å². The molecule has 134 valence electrons. The van der Waals surface area contributed by atoms with Gasteiger partial charge in [-0.05, 0) is 6.42 Å². The van der Waals surface area contributed by atoms with E-state index < -0.39 is 30.3 Å². The molecule has 1 saturated heterocycles. The number of unbranched alkanes of at least 4 members (excludes halogenated alkanes) is 8. The van der Waals surface area contributed by atoms with Crippen LogP contribution in [0.25, 0.3) is 0 Å². The van der Waals surface area contributed by atoms with Crippen LogP contribution in [0.15, 0.2) is 0 Å². The average molecular weight is 329 g/mol. The molecular formula is C17H31NO5. The van der Waals surface area contributed by atoms with Gasteiger partial charge in [-0.1, -0.05) is 64.7 Å². The first-order valence-electron chi connectivity index (χ1n) is 8.92.